The molecular weight excluding hydrogens is 559 g/mol. The number of rotatable bonds is 14. The van der Waals surface area contributed by atoms with Gasteiger partial charge in [-0.15, -0.1) is 0 Å². The fourth-order valence-corrected chi connectivity index (χ4v) is 4.42. The molecule has 1 atom stereocenters. The van der Waals surface area contributed by atoms with E-state index in [9.17, 15) is 18.0 Å². The molecule has 1 aliphatic rings. The quantitative estimate of drug-likeness (QED) is 0.169. The molecule has 9 nitrogen and oxygen atoms in total. The highest BCUT2D eigenvalue weighted by atomic mass is 35.5. The first-order valence-corrected chi connectivity index (χ1v) is 13.8. The molecule has 5 N–H and O–H groups in total. The fraction of sp³-hybridized carbons (Fsp3) is 0.429. The van der Waals surface area contributed by atoms with Crippen molar-refractivity contribution in [2.45, 2.75) is 63.2 Å². The van der Waals surface area contributed by atoms with Crippen LogP contribution < -0.4 is 26.4 Å². The summed E-state index contributed by atoms with van der Waals surface area (Å²) in [7, 11) is 0. The summed E-state index contributed by atoms with van der Waals surface area (Å²) < 4.78 is 43.3. The van der Waals surface area contributed by atoms with Gasteiger partial charge in [-0.05, 0) is 74.1 Å². The Hall–Kier alpha value is -3.64. The topological polar surface area (TPSA) is 127 Å². The largest absolute Gasteiger partial charge is 0.454 e. The Bertz CT molecular complexity index is 1300. The van der Waals surface area contributed by atoms with Crippen LogP contribution in [0.25, 0.3) is 0 Å². The maximum atomic E-state index is 12.8. The van der Waals surface area contributed by atoms with E-state index < -0.39 is 24.3 Å². The van der Waals surface area contributed by atoms with Crippen LogP contribution in [0.4, 0.5) is 30.8 Å². The Morgan fingerprint density at radius 1 is 1.05 bits per heavy atom. The summed E-state index contributed by atoms with van der Waals surface area (Å²) in [5.74, 6) is -0.180. The highest BCUT2D eigenvalue weighted by Gasteiger charge is 2.45. The van der Waals surface area contributed by atoms with Crippen LogP contribution in [0, 0.1) is 0 Å². The van der Waals surface area contributed by atoms with Crippen LogP contribution in [0.1, 0.15) is 61.4 Å². The molecule has 220 valence electrons. The van der Waals surface area contributed by atoms with Gasteiger partial charge in [-0.25, -0.2) is 0 Å². The summed E-state index contributed by atoms with van der Waals surface area (Å²) in [4.78, 5) is 24.9. The highest BCUT2D eigenvalue weighted by molar-refractivity contribution is 6.30. The lowest BCUT2D eigenvalue weighted by Crippen LogP contribution is -2.27. The second-order valence-electron chi connectivity index (χ2n) is 10.0. The molecular formula is C28H33ClF3N7O2. The standard InChI is InChI=1S/C28H33ClF3N7O2/c1-2-4-21(33)5-3-16-34-23(40)18-6-12-22(13-7-18)35-24-36-25(38-26(37-24)41-17-28(30,31)32)39-27(14-15-27)19-8-10-20(29)11-9-19/h6-13,21H,2-5,14-17,33H2,1H3,(H,34,40)(H2,35,36,37,38,39). The van der Waals surface area contributed by atoms with E-state index in [4.69, 9.17) is 22.1 Å². The first-order valence-electron chi connectivity index (χ1n) is 13.5. The maximum absolute atomic E-state index is 12.8. The Balaban J connectivity index is 1.43. The third kappa shape index (κ3) is 9.19. The van der Waals surface area contributed by atoms with Gasteiger partial charge in [-0.1, -0.05) is 37.1 Å². The van der Waals surface area contributed by atoms with Gasteiger partial charge in [-0.3, -0.25) is 4.79 Å². The number of carbonyl (C=O) groups excluding carboxylic acids is 1. The minimum atomic E-state index is -4.56. The van der Waals surface area contributed by atoms with Gasteiger partial charge in [0.1, 0.15) is 0 Å². The van der Waals surface area contributed by atoms with Crippen molar-refractivity contribution in [3.63, 3.8) is 0 Å². The number of amides is 1. The van der Waals surface area contributed by atoms with Gasteiger partial charge >= 0.3 is 12.2 Å². The van der Waals surface area contributed by atoms with Gasteiger partial charge in [0.2, 0.25) is 11.9 Å². The van der Waals surface area contributed by atoms with Crippen molar-refractivity contribution in [2.24, 2.45) is 5.73 Å². The van der Waals surface area contributed by atoms with Crippen LogP contribution in [0.5, 0.6) is 6.01 Å². The Labute approximate surface area is 241 Å². The number of anilines is 3. The van der Waals surface area contributed by atoms with Gasteiger partial charge in [0.25, 0.3) is 5.91 Å². The van der Waals surface area contributed by atoms with Crippen LogP contribution in [-0.4, -0.2) is 46.2 Å². The molecule has 0 saturated heterocycles. The molecule has 0 radical (unpaired) electrons. The summed E-state index contributed by atoms with van der Waals surface area (Å²) in [6, 6.07) is 13.5. The molecule has 0 aliphatic heterocycles. The van der Waals surface area contributed by atoms with Gasteiger partial charge in [-0.2, -0.15) is 28.1 Å². The van der Waals surface area contributed by atoms with E-state index >= 15 is 0 Å². The number of carbonyl (C=O) groups is 1. The second-order valence-corrected chi connectivity index (χ2v) is 10.5. The zero-order valence-electron chi connectivity index (χ0n) is 22.6. The normalized spacial score (nSPS) is 14.7. The summed E-state index contributed by atoms with van der Waals surface area (Å²) in [6.07, 6.45) is 0.610. The van der Waals surface area contributed by atoms with Crippen LogP contribution >= 0.6 is 11.6 Å². The number of nitrogens with one attached hydrogen (secondary N) is 3. The SMILES string of the molecule is CCCC(N)CCCNC(=O)c1ccc(Nc2nc(NC3(c4ccc(Cl)cc4)CC3)nc(OCC(F)(F)F)n2)cc1. The Morgan fingerprint density at radius 3 is 2.37 bits per heavy atom. The van der Waals surface area contributed by atoms with E-state index in [2.05, 4.69) is 37.8 Å². The van der Waals surface area contributed by atoms with E-state index in [1.54, 1.807) is 36.4 Å². The van der Waals surface area contributed by atoms with E-state index in [1.807, 2.05) is 12.1 Å². The summed E-state index contributed by atoms with van der Waals surface area (Å²) in [5, 5.41) is 9.65. The van der Waals surface area contributed by atoms with Crippen molar-refractivity contribution in [1.82, 2.24) is 20.3 Å². The van der Waals surface area contributed by atoms with Gasteiger partial charge < -0.3 is 26.4 Å². The third-order valence-electron chi connectivity index (χ3n) is 6.58. The van der Waals surface area contributed by atoms with Crippen molar-refractivity contribution >= 4 is 35.1 Å². The molecule has 1 saturated carbocycles. The number of nitrogens with two attached hydrogens (primary N) is 1. The molecule has 1 heterocycles. The van der Waals surface area contributed by atoms with E-state index in [0.717, 1.165) is 44.1 Å². The third-order valence-corrected chi connectivity index (χ3v) is 6.83. The van der Waals surface area contributed by atoms with Crippen molar-refractivity contribution < 1.29 is 22.7 Å². The smallest absolute Gasteiger partial charge is 0.422 e. The van der Waals surface area contributed by atoms with Crippen LogP contribution in [0.3, 0.4) is 0 Å². The molecule has 0 bridgehead atoms. The van der Waals surface area contributed by atoms with Crippen LogP contribution in [-0.2, 0) is 5.54 Å². The summed E-state index contributed by atoms with van der Waals surface area (Å²) in [6.45, 7) is 1.06. The monoisotopic (exact) mass is 591 g/mol. The maximum Gasteiger partial charge on any atom is 0.422 e. The average Bonchev–Trinajstić information content (AvgIpc) is 3.70. The fourth-order valence-electron chi connectivity index (χ4n) is 4.29. The Morgan fingerprint density at radius 2 is 1.73 bits per heavy atom. The molecule has 3 aromatic rings. The zero-order chi connectivity index (χ0) is 29.5. The molecule has 13 heteroatoms. The second kappa shape index (κ2) is 13.3. The predicted octanol–water partition coefficient (Wildman–Crippen LogP) is 5.95. The number of hydrogen-bond donors (Lipinski definition) is 4. The number of halogens is 4. The van der Waals surface area contributed by atoms with Gasteiger partial charge in [0.15, 0.2) is 6.61 Å². The lowest BCUT2D eigenvalue weighted by atomic mass is 10.1. The number of benzene rings is 2. The number of alkyl halides is 3. The molecule has 1 amide bonds. The number of hydrogen-bond acceptors (Lipinski definition) is 8. The van der Waals surface area contributed by atoms with Crippen molar-refractivity contribution in [2.75, 3.05) is 23.8 Å². The van der Waals surface area contributed by atoms with Crippen molar-refractivity contribution in [1.29, 1.82) is 0 Å². The molecule has 4 rings (SSSR count). The molecule has 1 unspecified atom stereocenters. The van der Waals surface area contributed by atoms with Crippen LogP contribution in [0.15, 0.2) is 48.5 Å². The minimum Gasteiger partial charge on any atom is -0.454 e. The Kier molecular flexibility index (Phi) is 9.87. The molecule has 1 fully saturated rings. The first-order chi connectivity index (χ1) is 19.5. The van der Waals surface area contributed by atoms with Crippen LogP contribution in [0.2, 0.25) is 5.02 Å². The van der Waals surface area contributed by atoms with Crippen molar-refractivity contribution in [3.05, 3.63) is 64.7 Å². The number of aromatic nitrogens is 3. The van der Waals surface area contributed by atoms with E-state index in [-0.39, 0.29) is 23.8 Å². The van der Waals surface area contributed by atoms with Gasteiger partial charge in [0.05, 0.1) is 5.54 Å². The molecule has 41 heavy (non-hydrogen) atoms. The average molecular weight is 592 g/mol. The van der Waals surface area contributed by atoms with E-state index in [1.165, 1.54) is 0 Å². The number of ether oxygens (including phenoxy) is 1. The lowest BCUT2D eigenvalue weighted by molar-refractivity contribution is -0.154. The first kappa shape index (κ1) is 30.3. The zero-order valence-corrected chi connectivity index (χ0v) is 23.4. The highest BCUT2D eigenvalue weighted by Crippen LogP contribution is 2.48. The van der Waals surface area contributed by atoms with E-state index in [0.29, 0.717) is 22.8 Å². The number of nitrogens with zero attached hydrogens (tertiary/aromatic N) is 3. The predicted molar refractivity (Wildman–Crippen MR) is 152 cm³/mol. The molecule has 1 aliphatic carbocycles. The molecule has 1 aromatic heterocycles. The lowest BCUT2D eigenvalue weighted by Gasteiger charge is -2.19. The minimum absolute atomic E-state index is 0.0211. The van der Waals surface area contributed by atoms with Crippen molar-refractivity contribution in [3.8, 4) is 6.01 Å². The molecule has 0 spiro atoms. The summed E-state index contributed by atoms with van der Waals surface area (Å²) >= 11 is 6.01. The molecule has 2 aromatic carbocycles. The summed E-state index contributed by atoms with van der Waals surface area (Å²) in [5.41, 5.74) is 7.47. The van der Waals surface area contributed by atoms with Gasteiger partial charge in [0, 0.05) is 28.9 Å².